The molecule has 0 radical (unpaired) electrons. The van der Waals surface area contributed by atoms with Crippen LogP contribution >= 0.6 is 0 Å². The Labute approximate surface area is 454 Å². The number of ether oxygens (including phenoxy) is 1. The molecule has 0 saturated carbocycles. The molecule has 6 aliphatic heterocycles. The summed E-state index contributed by atoms with van der Waals surface area (Å²) < 4.78 is 4.89. The second-order valence-electron chi connectivity index (χ2n) is 20.7. The number of hydrogen-bond donors (Lipinski definition) is 3. The van der Waals surface area contributed by atoms with Crippen molar-refractivity contribution in [2.75, 3.05) is 28.4 Å². The molecule has 0 bridgehead atoms. The maximum atomic E-state index is 12.5. The maximum absolute atomic E-state index is 12.5. The molecule has 6 aliphatic rings. The van der Waals surface area contributed by atoms with Crippen molar-refractivity contribution in [2.45, 2.75) is 77.2 Å². The number of ketones is 1. The Hall–Kier alpha value is -9.50. The van der Waals surface area contributed by atoms with Crippen molar-refractivity contribution in [1.29, 1.82) is 0 Å². The highest BCUT2D eigenvalue weighted by atomic mass is 16.5. The van der Waals surface area contributed by atoms with Crippen molar-refractivity contribution in [3.63, 3.8) is 0 Å². The molecule has 3 saturated heterocycles. The number of aromatic nitrogens is 3. The molecule has 3 amide bonds. The molecule has 79 heavy (non-hydrogen) atoms. The van der Waals surface area contributed by atoms with Crippen LogP contribution in [0.1, 0.15) is 95.9 Å². The molecule has 3 aromatic heterocycles. The number of amides is 3. The van der Waals surface area contributed by atoms with Gasteiger partial charge < -0.3 is 29.5 Å². The number of fused-ring (bicyclic) bond motifs is 6. The van der Waals surface area contributed by atoms with Gasteiger partial charge in [0.1, 0.15) is 6.04 Å². The first-order valence-electron chi connectivity index (χ1n) is 26.9. The minimum atomic E-state index is -0.564. The molecule has 9 aromatic rings. The average molecular weight is 1050 g/mol. The number of Topliss-reactive ketones (excluding diaryl/α,β-unsaturated/α-hetero) is 1. The largest absolute Gasteiger partial charge is 0.467 e. The van der Waals surface area contributed by atoms with Crippen LogP contribution in [0.15, 0.2) is 161 Å². The molecule has 392 valence electrons. The summed E-state index contributed by atoms with van der Waals surface area (Å²) in [5.41, 5.74) is 18.1. The molecule has 15 rings (SSSR count). The number of para-hydroxylation sites is 3. The van der Waals surface area contributed by atoms with E-state index in [1.807, 2.05) is 95.9 Å². The number of carbonyl (C=O) groups excluding carboxylic acids is 5. The number of benzene rings is 6. The quantitative estimate of drug-likeness (QED) is 0.127. The minimum Gasteiger partial charge on any atom is -0.467 e. The van der Waals surface area contributed by atoms with Crippen molar-refractivity contribution in [2.24, 2.45) is 15.0 Å². The molecule has 9 heterocycles. The summed E-state index contributed by atoms with van der Waals surface area (Å²) in [6.07, 6.45) is 3.43. The number of carbonyl (C=O) groups is 5. The maximum Gasteiger partial charge on any atom is 0.328 e. The highest BCUT2D eigenvalue weighted by molar-refractivity contribution is 6.19. The highest BCUT2D eigenvalue weighted by Crippen LogP contribution is 2.36. The van der Waals surface area contributed by atoms with Gasteiger partial charge in [-0.3, -0.25) is 39.1 Å². The minimum absolute atomic E-state index is 0.0113. The third kappa shape index (κ3) is 9.00. The number of esters is 1. The summed E-state index contributed by atoms with van der Waals surface area (Å²) in [7, 11) is 1.35. The van der Waals surface area contributed by atoms with Crippen LogP contribution in [-0.2, 0) is 48.3 Å². The van der Waals surface area contributed by atoms with E-state index < -0.39 is 6.04 Å². The van der Waals surface area contributed by atoms with Gasteiger partial charge in [0.05, 0.1) is 67.0 Å². The fourth-order valence-electron chi connectivity index (χ4n) is 12.0. The summed E-state index contributed by atoms with van der Waals surface area (Å²) in [4.78, 5) is 90.6. The Morgan fingerprint density at radius 2 is 0.899 bits per heavy atom. The van der Waals surface area contributed by atoms with Crippen LogP contribution in [0.4, 0.5) is 17.1 Å². The zero-order valence-electron chi connectivity index (χ0n) is 43.7. The van der Waals surface area contributed by atoms with Crippen molar-refractivity contribution < 1.29 is 28.7 Å². The monoisotopic (exact) mass is 1050 g/mol. The van der Waals surface area contributed by atoms with Gasteiger partial charge in [-0.1, -0.05) is 72.8 Å². The van der Waals surface area contributed by atoms with Crippen LogP contribution in [0.2, 0.25) is 0 Å². The van der Waals surface area contributed by atoms with E-state index in [2.05, 4.69) is 69.5 Å². The Balaban J connectivity index is 0.000000113. The predicted octanol–water partition coefficient (Wildman–Crippen LogP) is 10.4. The van der Waals surface area contributed by atoms with E-state index in [4.69, 9.17) is 19.7 Å². The van der Waals surface area contributed by atoms with Crippen LogP contribution < -0.4 is 14.7 Å². The molecule has 6 aromatic carbocycles. The predicted molar refractivity (Wildman–Crippen MR) is 308 cm³/mol. The first-order valence-corrected chi connectivity index (χ1v) is 26.9. The molecule has 0 spiro atoms. The molecule has 15 heteroatoms. The molecule has 0 aliphatic carbocycles. The summed E-state index contributed by atoms with van der Waals surface area (Å²) in [5.74, 6) is -0.173. The topological polar surface area (TPSA) is 189 Å². The summed E-state index contributed by atoms with van der Waals surface area (Å²) in [5, 5.41) is 3.46. The lowest BCUT2D eigenvalue weighted by Gasteiger charge is -2.23. The Morgan fingerprint density at radius 3 is 1.30 bits per heavy atom. The van der Waals surface area contributed by atoms with Crippen LogP contribution in [0.25, 0.3) is 32.7 Å². The van der Waals surface area contributed by atoms with Gasteiger partial charge in [0.2, 0.25) is 17.7 Å². The first-order chi connectivity index (χ1) is 38.6. The second kappa shape index (κ2) is 20.1. The number of aromatic amines is 3. The van der Waals surface area contributed by atoms with Crippen molar-refractivity contribution in [3.8, 4) is 0 Å². The van der Waals surface area contributed by atoms with Gasteiger partial charge in [-0.05, 0) is 116 Å². The number of nitrogens with zero attached hydrogens (tertiary/aromatic N) is 6. The van der Waals surface area contributed by atoms with Gasteiger partial charge in [0.15, 0.2) is 5.78 Å². The van der Waals surface area contributed by atoms with E-state index in [-0.39, 0.29) is 35.5 Å². The van der Waals surface area contributed by atoms with Gasteiger partial charge >= 0.3 is 5.97 Å². The molecule has 15 nitrogen and oxygen atoms in total. The van der Waals surface area contributed by atoms with Gasteiger partial charge in [-0.2, -0.15) is 0 Å². The van der Waals surface area contributed by atoms with E-state index in [1.54, 1.807) is 16.7 Å². The van der Waals surface area contributed by atoms with Gasteiger partial charge in [-0.25, -0.2) is 4.79 Å². The zero-order valence-corrected chi connectivity index (χ0v) is 43.7. The normalized spacial score (nSPS) is 18.1. The number of methoxy groups -OCH3 is 1. The molecule has 2 atom stereocenters. The van der Waals surface area contributed by atoms with E-state index in [9.17, 15) is 24.0 Å². The number of nitrogens with one attached hydrogen (secondary N) is 3. The smallest absolute Gasteiger partial charge is 0.328 e. The van der Waals surface area contributed by atoms with Crippen LogP contribution in [-0.4, -0.2) is 87.3 Å². The van der Waals surface area contributed by atoms with Crippen LogP contribution in [0, 0.1) is 0 Å². The Morgan fingerprint density at radius 1 is 0.494 bits per heavy atom. The van der Waals surface area contributed by atoms with E-state index in [0.29, 0.717) is 57.4 Å². The van der Waals surface area contributed by atoms with E-state index in [0.717, 1.165) is 114 Å². The number of aliphatic imine (C=N–C) groups is 3. The molecule has 3 fully saturated rings. The van der Waals surface area contributed by atoms with Crippen molar-refractivity contribution in [1.82, 2.24) is 15.0 Å². The average Bonchev–Trinajstić information content (AvgIpc) is 4.48. The number of anilines is 3. The van der Waals surface area contributed by atoms with Gasteiger partial charge in [-0.15, -0.1) is 0 Å². The zero-order chi connectivity index (χ0) is 53.9. The third-order valence-corrected chi connectivity index (χ3v) is 15.9. The highest BCUT2D eigenvalue weighted by Gasteiger charge is 2.39. The second-order valence-corrected chi connectivity index (χ2v) is 20.7. The van der Waals surface area contributed by atoms with E-state index >= 15 is 0 Å². The fourth-order valence-corrected chi connectivity index (χ4v) is 12.0. The van der Waals surface area contributed by atoms with Gasteiger partial charge in [0.25, 0.3) is 0 Å². The van der Waals surface area contributed by atoms with Gasteiger partial charge in [0, 0.05) is 92.3 Å². The number of hydrogen-bond acceptors (Lipinski definition) is 9. The van der Waals surface area contributed by atoms with Crippen LogP contribution in [0.3, 0.4) is 0 Å². The lowest BCUT2D eigenvalue weighted by Crippen LogP contribution is -2.39. The third-order valence-electron chi connectivity index (χ3n) is 15.9. The summed E-state index contributed by atoms with van der Waals surface area (Å²) >= 11 is 0. The standard InChI is InChI=1S/C22H19N3O3.C22H19N3O2.C20H17N3O/c1-28-22(27)19-8-9-20(26)25(19)15-7-6-14-12-23-21(16(14)11-15)18-10-13-4-2-3-5-17(13)24-18;1-13(26)20-8-9-21(27)25(20)16-7-6-15-12-23-22(17(15)11-16)19-10-14-4-2-3-5-18(14)24-19;24-19-6-3-9-23(19)15-8-7-14-12-21-20(16(14)11-15)18-10-13-4-1-2-5-17(13)22-18/h2-7,10-11,19,24H,8-9,12H2,1H3;2-7,10-11,20,24H,8-9,12H2,1H3;1-2,4-5,7-8,10-11,22H,3,6,9,12H2/t19-;20-;/m00./s1. The summed E-state index contributed by atoms with van der Waals surface area (Å²) in [6.45, 7) is 4.31. The molecular weight excluding hydrogens is 991 g/mol. The molecular formula is C64H55N9O6. The SMILES string of the molecule is CC(=O)[C@@H]1CCC(=O)N1c1ccc2c(c1)C(c1cc3ccccc3[nH]1)=NC2.COC(=O)[C@@H]1CCC(=O)N1c1ccc2c(c1)C(c1cc3ccccc3[nH]1)=NC2.O=C1CCCN1c1ccc2c(c1)C(c1cc3ccccc3[nH]1)=NC2. The first kappa shape index (κ1) is 49.1. The Kier molecular flexibility index (Phi) is 12.5. The molecule has 3 N–H and O–H groups in total. The fraction of sp³-hybridized carbons (Fsp3) is 0.219. The number of rotatable bonds is 8. The summed E-state index contributed by atoms with van der Waals surface area (Å²) in [6, 6.07) is 48.0. The van der Waals surface area contributed by atoms with E-state index in [1.165, 1.54) is 18.1 Å². The van der Waals surface area contributed by atoms with Crippen molar-refractivity contribution in [3.05, 3.63) is 196 Å². The molecule has 0 unspecified atom stereocenters. The lowest BCUT2D eigenvalue weighted by atomic mass is 10.0. The lowest BCUT2D eigenvalue weighted by molar-refractivity contribution is -0.142. The van der Waals surface area contributed by atoms with Crippen LogP contribution in [0.5, 0.6) is 0 Å². The van der Waals surface area contributed by atoms with Crippen molar-refractivity contribution >= 4 is 96.4 Å². The Bertz CT molecular complexity index is 4000. The number of H-pyrrole nitrogens is 3.